The summed E-state index contributed by atoms with van der Waals surface area (Å²) in [7, 11) is 1.56. The van der Waals surface area contributed by atoms with Gasteiger partial charge in [0.1, 0.15) is 0 Å². The number of hydrogen-bond donors (Lipinski definition) is 0. The smallest absolute Gasteiger partial charge is 0.338 e. The molecule has 37 heavy (non-hydrogen) atoms. The fourth-order valence-corrected chi connectivity index (χ4v) is 5.62. The number of ether oxygens (including phenoxy) is 3. The van der Waals surface area contributed by atoms with Gasteiger partial charge in [0.15, 0.2) is 16.3 Å². The van der Waals surface area contributed by atoms with Crippen LogP contribution in [0.2, 0.25) is 0 Å². The molecule has 2 heterocycles. The Hall–Kier alpha value is -3.30. The number of carbonyl (C=O) groups is 1. The molecule has 1 aromatic heterocycles. The Morgan fingerprint density at radius 3 is 2.54 bits per heavy atom. The predicted octanol–water partition coefficient (Wildman–Crippen LogP) is 4.32. The second kappa shape index (κ2) is 11.4. The molecule has 0 saturated heterocycles. The third-order valence-corrected chi connectivity index (χ3v) is 7.52. The molecule has 7 nitrogen and oxygen atoms in total. The average Bonchev–Trinajstić information content (AvgIpc) is 3.17. The van der Waals surface area contributed by atoms with E-state index in [0.29, 0.717) is 37.7 Å². The first-order chi connectivity index (χ1) is 17.8. The maximum Gasteiger partial charge on any atom is 0.338 e. The van der Waals surface area contributed by atoms with Gasteiger partial charge in [-0.2, -0.15) is 0 Å². The molecule has 0 N–H and O–H groups in total. The highest BCUT2D eigenvalue weighted by atomic mass is 32.2. The Kier molecular flexibility index (Phi) is 8.24. The molecule has 1 unspecified atom stereocenters. The maximum atomic E-state index is 13.8. The van der Waals surface area contributed by atoms with Crippen molar-refractivity contribution in [1.29, 1.82) is 0 Å². The van der Waals surface area contributed by atoms with Crippen LogP contribution in [0, 0.1) is 0 Å². The van der Waals surface area contributed by atoms with E-state index in [9.17, 15) is 9.59 Å². The van der Waals surface area contributed by atoms with E-state index in [-0.39, 0.29) is 18.3 Å². The van der Waals surface area contributed by atoms with Crippen molar-refractivity contribution in [2.45, 2.75) is 44.7 Å². The number of thioether (sulfide) groups is 1. The topological polar surface area (TPSA) is 79.1 Å². The summed E-state index contributed by atoms with van der Waals surface area (Å²) in [5.41, 5.74) is 2.23. The highest BCUT2D eigenvalue weighted by Crippen LogP contribution is 2.36. The molecule has 1 atom stereocenters. The van der Waals surface area contributed by atoms with Crippen molar-refractivity contribution in [2.24, 2.45) is 4.99 Å². The lowest BCUT2D eigenvalue weighted by Gasteiger charge is -2.25. The van der Waals surface area contributed by atoms with Crippen molar-refractivity contribution < 1.29 is 19.0 Å². The molecule has 2 aromatic carbocycles. The zero-order chi connectivity index (χ0) is 26.7. The first-order valence-corrected chi connectivity index (χ1v) is 14.0. The summed E-state index contributed by atoms with van der Waals surface area (Å²) in [6.07, 6.45) is 3.83. The number of carbonyl (C=O) groups excluding carboxylic acids is 1. The number of methoxy groups -OCH3 is 1. The quantitative estimate of drug-likeness (QED) is 0.314. The lowest BCUT2D eigenvalue weighted by Crippen LogP contribution is -2.40. The number of benzene rings is 2. The van der Waals surface area contributed by atoms with Gasteiger partial charge in [-0.1, -0.05) is 29.5 Å². The van der Waals surface area contributed by atoms with Gasteiger partial charge in [0.2, 0.25) is 0 Å². The van der Waals surface area contributed by atoms with Crippen LogP contribution in [0.1, 0.15) is 44.9 Å². The van der Waals surface area contributed by atoms with E-state index in [1.807, 2.05) is 56.5 Å². The van der Waals surface area contributed by atoms with Gasteiger partial charge in [-0.3, -0.25) is 9.36 Å². The third-order valence-electron chi connectivity index (χ3n) is 5.80. The molecule has 1 aliphatic rings. The van der Waals surface area contributed by atoms with Crippen LogP contribution < -0.4 is 24.4 Å². The summed E-state index contributed by atoms with van der Waals surface area (Å²) in [5, 5.41) is 0. The standard InChI is InChI=1S/C28H30N2O5S2/c1-7-34-27(32)24-17(4)29-28-30(25(24)19-10-13-21(35-16(2)3)22(15-19)33-5)26(31)23(37-28)14-18-8-11-20(36-6)12-9-18/h8-16,25H,7H2,1-6H3. The molecule has 0 radical (unpaired) electrons. The second-order valence-corrected chi connectivity index (χ2v) is 10.5. The first-order valence-electron chi connectivity index (χ1n) is 12.0. The second-order valence-electron chi connectivity index (χ2n) is 8.65. The van der Waals surface area contributed by atoms with Crippen molar-refractivity contribution in [3.8, 4) is 11.5 Å². The highest BCUT2D eigenvalue weighted by molar-refractivity contribution is 7.98. The average molecular weight is 539 g/mol. The largest absolute Gasteiger partial charge is 0.493 e. The number of thiazole rings is 1. The molecular formula is C28H30N2O5S2. The Morgan fingerprint density at radius 1 is 1.19 bits per heavy atom. The molecule has 4 rings (SSSR count). The molecule has 0 aliphatic carbocycles. The minimum absolute atomic E-state index is 0.0420. The molecule has 0 fully saturated rings. The molecule has 0 spiro atoms. The van der Waals surface area contributed by atoms with E-state index in [4.69, 9.17) is 14.2 Å². The van der Waals surface area contributed by atoms with E-state index < -0.39 is 12.0 Å². The summed E-state index contributed by atoms with van der Waals surface area (Å²) in [5.74, 6) is 0.595. The summed E-state index contributed by atoms with van der Waals surface area (Å²) < 4.78 is 19.0. The highest BCUT2D eigenvalue weighted by Gasteiger charge is 2.34. The molecule has 194 valence electrons. The molecule has 3 aromatic rings. The zero-order valence-corrected chi connectivity index (χ0v) is 23.4. The van der Waals surface area contributed by atoms with Crippen molar-refractivity contribution in [3.63, 3.8) is 0 Å². The summed E-state index contributed by atoms with van der Waals surface area (Å²) in [4.78, 5) is 33.2. The number of fused-ring (bicyclic) bond motifs is 1. The van der Waals surface area contributed by atoms with Crippen LogP contribution in [0.5, 0.6) is 11.5 Å². The molecule has 1 aliphatic heterocycles. The monoisotopic (exact) mass is 538 g/mol. The summed E-state index contributed by atoms with van der Waals surface area (Å²) >= 11 is 2.96. The summed E-state index contributed by atoms with van der Waals surface area (Å²) in [6, 6.07) is 12.7. The van der Waals surface area contributed by atoms with E-state index >= 15 is 0 Å². The lowest BCUT2D eigenvalue weighted by molar-refractivity contribution is -0.139. The van der Waals surface area contributed by atoms with Crippen LogP contribution >= 0.6 is 23.1 Å². The number of esters is 1. The number of nitrogens with zero attached hydrogens (tertiary/aromatic N) is 2. The Balaban J connectivity index is 1.92. The summed E-state index contributed by atoms with van der Waals surface area (Å²) in [6.45, 7) is 7.60. The molecule has 9 heteroatoms. The molecule has 0 bridgehead atoms. The van der Waals surface area contributed by atoms with Gasteiger partial charge in [0.25, 0.3) is 5.56 Å². The third kappa shape index (κ3) is 5.52. The Labute approximate surface area is 224 Å². The van der Waals surface area contributed by atoms with Gasteiger partial charge >= 0.3 is 5.97 Å². The van der Waals surface area contributed by atoms with Crippen LogP contribution in [-0.2, 0) is 9.53 Å². The Bertz CT molecular complexity index is 1520. The van der Waals surface area contributed by atoms with Gasteiger partial charge in [-0.25, -0.2) is 9.79 Å². The molecule has 0 saturated carbocycles. The normalized spacial score (nSPS) is 15.4. The fourth-order valence-electron chi connectivity index (χ4n) is 4.16. The van der Waals surface area contributed by atoms with Crippen LogP contribution in [0.15, 0.2) is 68.4 Å². The van der Waals surface area contributed by atoms with Gasteiger partial charge in [-0.05, 0) is 75.4 Å². The number of allylic oxidation sites excluding steroid dienone is 1. The minimum atomic E-state index is -0.724. The van der Waals surface area contributed by atoms with Crippen LogP contribution in [-0.4, -0.2) is 36.6 Å². The molecular weight excluding hydrogens is 508 g/mol. The SMILES string of the molecule is CCOC(=O)C1=C(C)N=c2sc(=Cc3ccc(SC)cc3)c(=O)n2C1c1ccc(OC(C)C)c(OC)c1. The van der Waals surface area contributed by atoms with E-state index in [1.165, 1.54) is 11.3 Å². The van der Waals surface area contributed by atoms with Gasteiger partial charge in [-0.15, -0.1) is 11.8 Å². The number of aromatic nitrogens is 1. The van der Waals surface area contributed by atoms with Crippen LogP contribution in [0.25, 0.3) is 6.08 Å². The minimum Gasteiger partial charge on any atom is -0.493 e. The van der Waals surface area contributed by atoms with Crippen LogP contribution in [0.4, 0.5) is 0 Å². The fraction of sp³-hybridized carbons (Fsp3) is 0.321. The number of rotatable bonds is 8. The molecule has 0 amide bonds. The van der Waals surface area contributed by atoms with E-state index in [0.717, 1.165) is 10.5 Å². The predicted molar refractivity (Wildman–Crippen MR) is 147 cm³/mol. The zero-order valence-electron chi connectivity index (χ0n) is 21.7. The first kappa shape index (κ1) is 26.8. The number of hydrogen-bond acceptors (Lipinski definition) is 8. The van der Waals surface area contributed by atoms with Crippen molar-refractivity contribution >= 4 is 35.1 Å². The Morgan fingerprint density at radius 2 is 1.92 bits per heavy atom. The van der Waals surface area contributed by atoms with Crippen LogP contribution in [0.3, 0.4) is 0 Å². The van der Waals surface area contributed by atoms with Crippen molar-refractivity contribution in [2.75, 3.05) is 20.0 Å². The maximum absolute atomic E-state index is 13.8. The van der Waals surface area contributed by atoms with Gasteiger partial charge < -0.3 is 14.2 Å². The van der Waals surface area contributed by atoms with Gasteiger partial charge in [0, 0.05) is 4.90 Å². The lowest BCUT2D eigenvalue weighted by atomic mass is 9.95. The van der Waals surface area contributed by atoms with Crippen molar-refractivity contribution in [3.05, 3.63) is 84.5 Å². The van der Waals surface area contributed by atoms with Crippen molar-refractivity contribution in [1.82, 2.24) is 4.57 Å². The van der Waals surface area contributed by atoms with E-state index in [2.05, 4.69) is 4.99 Å². The van der Waals surface area contributed by atoms with E-state index in [1.54, 1.807) is 49.4 Å². The van der Waals surface area contributed by atoms with Gasteiger partial charge in [0.05, 0.1) is 41.7 Å².